The maximum atomic E-state index is 11.6. The number of hydrogen-bond acceptors (Lipinski definition) is 2. The van der Waals surface area contributed by atoms with Gasteiger partial charge in [-0.15, -0.1) is 12.1 Å². The van der Waals surface area contributed by atoms with Gasteiger partial charge in [-0.3, -0.25) is 0 Å². The zero-order chi connectivity index (χ0) is 21.5. The molecule has 0 spiro atoms. The quantitative estimate of drug-likeness (QED) is 0.100. The molecule has 0 atom stereocenters. The molecule has 3 heteroatoms. The van der Waals surface area contributed by atoms with Crippen LogP contribution in [-0.4, -0.2) is 5.97 Å². The molecule has 0 radical (unpaired) electrons. The number of ether oxygens (including phenoxy) is 1. The number of carbonyl (C=O) groups excluding carboxylic acids is 1. The minimum atomic E-state index is -0.0964. The molecule has 0 fully saturated rings. The summed E-state index contributed by atoms with van der Waals surface area (Å²) in [6.07, 6.45) is 20.7. The van der Waals surface area contributed by atoms with Crippen LogP contribution in [0, 0.1) is 0 Å². The van der Waals surface area contributed by atoms with E-state index in [9.17, 15) is 4.79 Å². The van der Waals surface area contributed by atoms with E-state index in [0.29, 0.717) is 12.2 Å². The number of unbranched alkanes of at least 4 members (excludes halogenated alkanes) is 14. The first-order chi connectivity index (χ1) is 14.8. The molecule has 2 nitrogen and oxygen atoms in total. The van der Waals surface area contributed by atoms with Crippen LogP contribution in [0.15, 0.2) is 54.6 Å². The van der Waals surface area contributed by atoms with Gasteiger partial charge in [-0.1, -0.05) is 103 Å². The summed E-state index contributed by atoms with van der Waals surface area (Å²) in [4.78, 5) is 11.6. The van der Waals surface area contributed by atoms with Crippen LogP contribution in [0.3, 0.4) is 0 Å². The number of carbonyl (C=O) groups is 1. The van der Waals surface area contributed by atoms with E-state index in [1.54, 1.807) is 0 Å². The zero-order valence-corrected chi connectivity index (χ0v) is 20.8. The maximum Gasteiger partial charge on any atom is 2.00 e. The Labute approximate surface area is 202 Å². The first-order valence-electron chi connectivity index (χ1n) is 12.4. The van der Waals surface area contributed by atoms with Gasteiger partial charge in [0.2, 0.25) is 5.97 Å². The molecule has 0 aliphatic heterocycles. The third-order valence-corrected chi connectivity index (χ3v) is 5.40. The Morgan fingerprint density at radius 2 is 1.10 bits per heavy atom. The topological polar surface area (TPSA) is 26.3 Å². The summed E-state index contributed by atoms with van der Waals surface area (Å²) in [5, 5.41) is 0. The molecular weight excluding hydrogens is 424 g/mol. The minimum Gasteiger partial charge on any atom is -0.518 e. The molecule has 176 valence electrons. The molecule has 0 bridgehead atoms. The van der Waals surface area contributed by atoms with Crippen molar-refractivity contribution in [2.75, 3.05) is 0 Å². The minimum absolute atomic E-state index is 0. The summed E-state index contributed by atoms with van der Waals surface area (Å²) in [5.41, 5.74) is 0. The van der Waals surface area contributed by atoms with Crippen molar-refractivity contribution in [1.82, 2.24) is 0 Å². The van der Waals surface area contributed by atoms with Crippen LogP contribution >= 0.6 is 0 Å². The van der Waals surface area contributed by atoms with Gasteiger partial charge in [0.15, 0.2) is 0 Å². The van der Waals surface area contributed by atoms with Crippen molar-refractivity contribution >= 4 is 5.97 Å². The molecule has 0 saturated carbocycles. The Kier molecular flexibility index (Phi) is 22.4. The third kappa shape index (κ3) is 20.4. The zero-order valence-electron chi connectivity index (χ0n) is 19.7. The fourth-order valence-corrected chi connectivity index (χ4v) is 3.57. The molecule has 0 unspecified atom stereocenters. The molecule has 0 N–H and O–H groups in total. The van der Waals surface area contributed by atoms with Crippen molar-refractivity contribution in [3.05, 3.63) is 54.6 Å². The van der Waals surface area contributed by atoms with Crippen molar-refractivity contribution in [2.24, 2.45) is 0 Å². The van der Waals surface area contributed by atoms with Crippen LogP contribution in [-0.2, 0) is 21.9 Å². The molecule has 0 aromatic heterocycles. The van der Waals surface area contributed by atoms with E-state index < -0.39 is 0 Å². The van der Waals surface area contributed by atoms with Gasteiger partial charge in [0.25, 0.3) is 0 Å². The summed E-state index contributed by atoms with van der Waals surface area (Å²) in [6.45, 7) is 2.28. The summed E-state index contributed by atoms with van der Waals surface area (Å²) in [7, 11) is 0. The largest absolute Gasteiger partial charge is 2.00 e. The molecule has 31 heavy (non-hydrogen) atoms. The van der Waals surface area contributed by atoms with E-state index >= 15 is 0 Å². The second kappa shape index (κ2) is 23.4. The van der Waals surface area contributed by atoms with Gasteiger partial charge in [-0.25, -0.2) is 12.1 Å². The summed E-state index contributed by atoms with van der Waals surface area (Å²) in [5.74, 6) is 0.576. The summed E-state index contributed by atoms with van der Waals surface area (Å²) >= 11 is 0. The van der Waals surface area contributed by atoms with Gasteiger partial charge in [0, 0.05) is 12.2 Å². The van der Waals surface area contributed by atoms with Gasteiger partial charge >= 0.3 is 17.1 Å². The standard InChI is InChI=1S/C23H39O2.C5H5.Fe/c1-2-3-4-5-6-7-8-9-10-11-12-13-14-15-16-21-23(24)25-22-19-17-18-20-22;1-2-4-5-3-1;/h17-20H,2-16,21H2,1H3;1-5H;/q2*-1;+2. The average Bonchev–Trinajstić information content (AvgIpc) is 3.48. The molecule has 2 rings (SSSR count). The molecule has 2 aromatic carbocycles. The Morgan fingerprint density at radius 1 is 0.677 bits per heavy atom. The summed E-state index contributed by atoms with van der Waals surface area (Å²) < 4.78 is 5.23. The number of hydrogen-bond donors (Lipinski definition) is 0. The van der Waals surface area contributed by atoms with Crippen LogP contribution in [0.1, 0.15) is 110 Å². The SMILES string of the molecule is CCCCCCCCCCCCCCCCCC(=O)O[c-]1cccc1.[Fe+2].c1cc[cH-]c1. The van der Waals surface area contributed by atoms with Crippen molar-refractivity contribution in [3.8, 4) is 5.75 Å². The number of rotatable bonds is 17. The predicted molar refractivity (Wildman–Crippen MR) is 129 cm³/mol. The van der Waals surface area contributed by atoms with E-state index in [-0.39, 0.29) is 23.0 Å². The predicted octanol–water partition coefficient (Wildman–Crippen LogP) is 8.98. The monoisotopic (exact) mass is 468 g/mol. The van der Waals surface area contributed by atoms with E-state index in [1.807, 2.05) is 54.6 Å². The van der Waals surface area contributed by atoms with Crippen molar-refractivity contribution < 1.29 is 26.6 Å². The summed E-state index contributed by atoms with van der Waals surface area (Å²) in [6, 6.07) is 17.4. The Morgan fingerprint density at radius 3 is 1.48 bits per heavy atom. The molecule has 2 aromatic rings. The van der Waals surface area contributed by atoms with Gasteiger partial charge in [-0.05, 0) is 0 Å². The molecule has 0 amide bonds. The van der Waals surface area contributed by atoms with Crippen LogP contribution in [0.5, 0.6) is 5.75 Å². The number of esters is 1. The van der Waals surface area contributed by atoms with E-state index in [4.69, 9.17) is 4.74 Å². The smallest absolute Gasteiger partial charge is 0.518 e. The van der Waals surface area contributed by atoms with Crippen LogP contribution in [0.25, 0.3) is 0 Å². The first-order valence-corrected chi connectivity index (χ1v) is 12.4. The van der Waals surface area contributed by atoms with Crippen LogP contribution in [0.4, 0.5) is 0 Å². The average molecular weight is 469 g/mol. The van der Waals surface area contributed by atoms with Crippen LogP contribution < -0.4 is 4.74 Å². The molecule has 0 heterocycles. The molecule has 0 aliphatic rings. The van der Waals surface area contributed by atoms with Gasteiger partial charge in [0.05, 0.1) is 0 Å². The van der Waals surface area contributed by atoms with E-state index in [2.05, 4.69) is 6.92 Å². The Balaban J connectivity index is 0.00000131. The first kappa shape index (κ1) is 29.7. The second-order valence-corrected chi connectivity index (χ2v) is 8.26. The Hall–Kier alpha value is -1.31. The fourth-order valence-electron chi connectivity index (χ4n) is 3.57. The van der Waals surface area contributed by atoms with E-state index in [0.717, 1.165) is 12.8 Å². The fraction of sp³-hybridized carbons (Fsp3) is 0.607. The third-order valence-electron chi connectivity index (χ3n) is 5.40. The second-order valence-electron chi connectivity index (χ2n) is 8.26. The van der Waals surface area contributed by atoms with Gasteiger partial charge in [-0.2, -0.15) is 30.3 Å². The Bertz CT molecular complexity index is 543. The van der Waals surface area contributed by atoms with Crippen molar-refractivity contribution in [1.29, 1.82) is 0 Å². The van der Waals surface area contributed by atoms with Gasteiger partial charge < -0.3 is 9.53 Å². The molecular formula is C28H44FeO2. The van der Waals surface area contributed by atoms with E-state index in [1.165, 1.54) is 83.5 Å². The van der Waals surface area contributed by atoms with Crippen molar-refractivity contribution in [3.63, 3.8) is 0 Å². The van der Waals surface area contributed by atoms with Crippen molar-refractivity contribution in [2.45, 2.75) is 110 Å². The van der Waals surface area contributed by atoms with Gasteiger partial charge in [0.1, 0.15) is 0 Å². The van der Waals surface area contributed by atoms with Crippen LogP contribution in [0.2, 0.25) is 0 Å². The maximum absolute atomic E-state index is 11.6. The molecule has 0 saturated heterocycles. The molecule has 0 aliphatic carbocycles. The normalized spacial score (nSPS) is 10.1.